The third kappa shape index (κ3) is 6.21. The van der Waals surface area contributed by atoms with E-state index in [1.807, 2.05) is 12.3 Å². The molecule has 39 heavy (non-hydrogen) atoms. The Balaban J connectivity index is 1.32. The number of hydrogen-bond acceptors (Lipinski definition) is 8. The third-order valence-corrected chi connectivity index (χ3v) is 6.42. The molecule has 0 unspecified atom stereocenters. The number of hydrogen-bond donors (Lipinski definition) is 3. The van der Waals surface area contributed by atoms with Crippen LogP contribution in [0.25, 0.3) is 5.82 Å². The molecule has 0 aliphatic rings. The maximum absolute atomic E-state index is 13.0. The van der Waals surface area contributed by atoms with E-state index in [2.05, 4.69) is 35.9 Å². The quantitative estimate of drug-likeness (QED) is 0.216. The average molecular weight is 551 g/mol. The number of nitrogens with zero attached hydrogens (tertiary/aromatic N) is 5. The second-order valence-electron chi connectivity index (χ2n) is 8.35. The summed E-state index contributed by atoms with van der Waals surface area (Å²) >= 11 is 1.54. The lowest BCUT2D eigenvalue weighted by Crippen LogP contribution is -2.14. The molecule has 3 aromatic heterocycles. The van der Waals surface area contributed by atoms with Crippen LogP contribution < -0.4 is 16.0 Å². The Morgan fingerprint density at radius 2 is 1.90 bits per heavy atom. The Kier molecular flexibility index (Phi) is 7.23. The fourth-order valence-corrected chi connectivity index (χ4v) is 4.21. The van der Waals surface area contributed by atoms with Crippen LogP contribution in [-0.4, -0.2) is 30.4 Å². The number of alkyl halides is 3. The van der Waals surface area contributed by atoms with Crippen LogP contribution in [0, 0.1) is 6.92 Å². The van der Waals surface area contributed by atoms with Gasteiger partial charge in [-0.1, -0.05) is 12.1 Å². The topological polar surface area (TPSA) is 110 Å². The first kappa shape index (κ1) is 25.9. The van der Waals surface area contributed by atoms with E-state index in [0.717, 1.165) is 22.7 Å². The van der Waals surface area contributed by atoms with Gasteiger partial charge in [-0.2, -0.15) is 13.2 Å². The monoisotopic (exact) mass is 550 g/mol. The number of carbonyl (C=O) groups is 1. The summed E-state index contributed by atoms with van der Waals surface area (Å²) in [4.78, 5) is 29.9. The van der Waals surface area contributed by atoms with Crippen molar-refractivity contribution in [2.45, 2.75) is 19.6 Å². The van der Waals surface area contributed by atoms with Crippen LogP contribution in [0.2, 0.25) is 0 Å². The lowest BCUT2D eigenvalue weighted by molar-refractivity contribution is -0.137. The van der Waals surface area contributed by atoms with Crippen LogP contribution in [0.4, 0.5) is 36.3 Å². The van der Waals surface area contributed by atoms with E-state index >= 15 is 0 Å². The van der Waals surface area contributed by atoms with Crippen molar-refractivity contribution < 1.29 is 18.0 Å². The third-order valence-electron chi connectivity index (χ3n) is 5.64. The molecule has 198 valence electrons. The normalized spacial score (nSPS) is 11.3. The van der Waals surface area contributed by atoms with Gasteiger partial charge in [0.05, 0.1) is 12.1 Å². The number of thiazole rings is 1. The van der Waals surface area contributed by atoms with Gasteiger partial charge in [-0.3, -0.25) is 9.36 Å². The maximum Gasteiger partial charge on any atom is 0.416 e. The number of aromatic nitrogens is 5. The summed E-state index contributed by atoms with van der Waals surface area (Å²) in [5.41, 5.74) is 0.910. The number of rotatable bonds is 8. The summed E-state index contributed by atoms with van der Waals surface area (Å²) in [5, 5.41) is 11.9. The molecule has 1 amide bonds. The van der Waals surface area contributed by atoms with Crippen molar-refractivity contribution in [2.24, 2.45) is 0 Å². The molecule has 0 aliphatic carbocycles. The highest BCUT2D eigenvalue weighted by Crippen LogP contribution is 2.30. The van der Waals surface area contributed by atoms with E-state index in [9.17, 15) is 18.0 Å². The number of amides is 1. The molecule has 5 aromatic rings. The van der Waals surface area contributed by atoms with E-state index < -0.39 is 17.6 Å². The van der Waals surface area contributed by atoms with Crippen LogP contribution in [0.5, 0.6) is 0 Å². The molecule has 0 saturated heterocycles. The maximum atomic E-state index is 13.0. The summed E-state index contributed by atoms with van der Waals surface area (Å²) in [6.45, 7) is 2.40. The molecular weight excluding hydrogens is 529 g/mol. The summed E-state index contributed by atoms with van der Waals surface area (Å²) in [7, 11) is 0. The zero-order valence-corrected chi connectivity index (χ0v) is 21.2. The van der Waals surface area contributed by atoms with Crippen LogP contribution in [0.3, 0.4) is 0 Å². The zero-order valence-electron chi connectivity index (χ0n) is 20.4. The van der Waals surface area contributed by atoms with Gasteiger partial charge in [0.2, 0.25) is 5.95 Å². The lowest BCUT2D eigenvalue weighted by atomic mass is 10.1. The van der Waals surface area contributed by atoms with Crippen molar-refractivity contribution in [1.82, 2.24) is 24.5 Å². The Morgan fingerprint density at radius 1 is 1.03 bits per heavy atom. The predicted octanol–water partition coefficient (Wildman–Crippen LogP) is 6.05. The molecule has 5 rings (SSSR count). The minimum atomic E-state index is -4.54. The minimum Gasteiger partial charge on any atom is -0.363 e. The Labute approximate surface area is 224 Å². The fraction of sp³-hybridized carbons (Fsp3) is 0.115. The van der Waals surface area contributed by atoms with E-state index in [4.69, 9.17) is 0 Å². The number of aryl methyl sites for hydroxylation is 1. The van der Waals surface area contributed by atoms with Crippen molar-refractivity contribution >= 4 is 40.4 Å². The van der Waals surface area contributed by atoms with Gasteiger partial charge in [-0.15, -0.1) is 11.3 Å². The van der Waals surface area contributed by atoms with Gasteiger partial charge >= 0.3 is 6.18 Å². The van der Waals surface area contributed by atoms with Gasteiger partial charge in [-0.05, 0) is 42.8 Å². The highest BCUT2D eigenvalue weighted by Gasteiger charge is 2.30. The van der Waals surface area contributed by atoms with Crippen LogP contribution in [-0.2, 0) is 12.7 Å². The molecule has 0 saturated carbocycles. The highest BCUT2D eigenvalue weighted by molar-refractivity contribution is 7.09. The molecular formula is C26H21F3N8OS. The van der Waals surface area contributed by atoms with Crippen molar-refractivity contribution in [3.8, 4) is 5.82 Å². The number of halogens is 3. The molecule has 3 N–H and O–H groups in total. The van der Waals surface area contributed by atoms with E-state index in [0.29, 0.717) is 35.5 Å². The van der Waals surface area contributed by atoms with Gasteiger partial charge in [0.15, 0.2) is 0 Å². The largest absolute Gasteiger partial charge is 0.416 e. The predicted molar refractivity (Wildman–Crippen MR) is 142 cm³/mol. The number of nitrogens with one attached hydrogen (secondary N) is 3. The molecule has 0 aliphatic heterocycles. The van der Waals surface area contributed by atoms with Crippen LogP contribution >= 0.6 is 11.3 Å². The molecule has 0 spiro atoms. The van der Waals surface area contributed by atoms with Crippen molar-refractivity contribution in [3.05, 3.63) is 101 Å². The second kappa shape index (κ2) is 10.9. The number of benzene rings is 2. The van der Waals surface area contributed by atoms with Crippen LogP contribution in [0.15, 0.2) is 78.8 Å². The van der Waals surface area contributed by atoms with Crippen LogP contribution in [0.1, 0.15) is 26.5 Å². The molecule has 13 heteroatoms. The molecule has 3 heterocycles. The van der Waals surface area contributed by atoms with Gasteiger partial charge in [0.25, 0.3) is 5.91 Å². The first-order valence-corrected chi connectivity index (χ1v) is 12.5. The summed E-state index contributed by atoms with van der Waals surface area (Å²) in [6, 6.07) is 11.2. The van der Waals surface area contributed by atoms with Crippen molar-refractivity contribution in [1.29, 1.82) is 0 Å². The van der Waals surface area contributed by atoms with Crippen molar-refractivity contribution in [3.63, 3.8) is 0 Å². The van der Waals surface area contributed by atoms with Crippen molar-refractivity contribution in [2.75, 3.05) is 16.0 Å². The molecule has 0 bridgehead atoms. The Bertz CT molecular complexity index is 1600. The minimum absolute atomic E-state index is 0.0986. The van der Waals surface area contributed by atoms with Gasteiger partial charge in [-0.25, -0.2) is 19.9 Å². The summed E-state index contributed by atoms with van der Waals surface area (Å²) < 4.78 is 40.9. The first-order valence-electron chi connectivity index (χ1n) is 11.6. The highest BCUT2D eigenvalue weighted by atomic mass is 32.1. The molecule has 9 nitrogen and oxygen atoms in total. The van der Waals surface area contributed by atoms with Gasteiger partial charge in [0.1, 0.15) is 23.0 Å². The van der Waals surface area contributed by atoms with Gasteiger partial charge < -0.3 is 16.0 Å². The molecule has 0 atom stereocenters. The summed E-state index contributed by atoms with van der Waals surface area (Å²) in [5.74, 6) is 0.990. The first-order chi connectivity index (χ1) is 18.8. The van der Waals surface area contributed by atoms with Gasteiger partial charge in [0, 0.05) is 47.0 Å². The molecule has 0 fully saturated rings. The van der Waals surface area contributed by atoms with E-state index in [1.165, 1.54) is 18.5 Å². The zero-order chi connectivity index (χ0) is 27.4. The Hall–Kier alpha value is -4.78. The molecule has 2 aromatic carbocycles. The molecule has 0 radical (unpaired) electrons. The van der Waals surface area contributed by atoms with E-state index in [-0.39, 0.29) is 5.56 Å². The smallest absolute Gasteiger partial charge is 0.363 e. The number of imidazole rings is 1. The lowest BCUT2D eigenvalue weighted by Gasteiger charge is -2.14. The second-order valence-corrected chi connectivity index (χ2v) is 9.33. The summed E-state index contributed by atoms with van der Waals surface area (Å²) in [6.07, 6.45) is 2.00. The SMILES string of the molecule is Cc1ccc(NC(=O)c2cccc(C(F)(F)F)c2)cc1Nc1nccn1-c1cc(NCc2nccs2)ncn1. The Morgan fingerprint density at radius 3 is 2.69 bits per heavy atom. The average Bonchev–Trinajstić information content (AvgIpc) is 3.61. The standard InChI is InChI=1S/C26H21F3N8OS/c1-16-5-6-19(35-24(38)17-3-2-4-18(11-17)26(27,28)29)12-20(16)36-25-31-7-9-37(25)22-13-21(33-15-34-22)32-14-23-30-8-10-39-23/h2-13,15H,14H2,1H3,(H,31,36)(H,35,38)(H,32,33,34). The number of carbonyl (C=O) groups excluding carboxylic acids is 1. The number of anilines is 4. The van der Waals surface area contributed by atoms with E-state index in [1.54, 1.807) is 58.8 Å². The fourth-order valence-electron chi connectivity index (χ4n) is 3.66.